The molecular formula is C13H15BrClNO. The highest BCUT2D eigenvalue weighted by molar-refractivity contribution is 9.09. The lowest BCUT2D eigenvalue weighted by Crippen LogP contribution is -2.38. The maximum atomic E-state index is 11.8. The van der Waals surface area contributed by atoms with Crippen LogP contribution in [0.4, 0.5) is 0 Å². The lowest BCUT2D eigenvalue weighted by molar-refractivity contribution is -0.121. The van der Waals surface area contributed by atoms with Crippen LogP contribution in [-0.2, 0) is 11.2 Å². The largest absolute Gasteiger partial charge is 0.352 e. The van der Waals surface area contributed by atoms with Crippen LogP contribution in [-0.4, -0.2) is 16.8 Å². The minimum Gasteiger partial charge on any atom is -0.352 e. The van der Waals surface area contributed by atoms with E-state index in [-0.39, 0.29) is 11.9 Å². The van der Waals surface area contributed by atoms with Crippen molar-refractivity contribution in [3.8, 4) is 0 Å². The molecule has 0 aromatic heterocycles. The van der Waals surface area contributed by atoms with Crippen molar-refractivity contribution >= 4 is 33.4 Å². The number of alkyl halides is 1. The van der Waals surface area contributed by atoms with Crippen LogP contribution < -0.4 is 5.32 Å². The summed E-state index contributed by atoms with van der Waals surface area (Å²) in [6.45, 7) is 0. The van der Waals surface area contributed by atoms with Gasteiger partial charge in [-0.3, -0.25) is 4.79 Å². The van der Waals surface area contributed by atoms with E-state index < -0.39 is 0 Å². The van der Waals surface area contributed by atoms with E-state index >= 15 is 0 Å². The zero-order valence-electron chi connectivity index (χ0n) is 9.46. The summed E-state index contributed by atoms with van der Waals surface area (Å²) < 4.78 is 0. The fraction of sp³-hybridized carbons (Fsp3) is 0.462. The molecule has 1 aromatic rings. The molecule has 0 heterocycles. The first kappa shape index (κ1) is 12.9. The molecule has 1 N–H and O–H groups in total. The van der Waals surface area contributed by atoms with Crippen molar-refractivity contribution in [3.05, 3.63) is 34.9 Å². The molecule has 0 saturated heterocycles. The first-order valence-electron chi connectivity index (χ1n) is 5.83. The van der Waals surface area contributed by atoms with Gasteiger partial charge in [0.05, 0.1) is 6.42 Å². The van der Waals surface area contributed by atoms with Crippen molar-refractivity contribution in [3.63, 3.8) is 0 Å². The van der Waals surface area contributed by atoms with Crippen molar-refractivity contribution in [2.24, 2.45) is 0 Å². The minimum absolute atomic E-state index is 0.0867. The topological polar surface area (TPSA) is 29.1 Å². The Morgan fingerprint density at radius 1 is 1.35 bits per heavy atom. The second-order valence-corrected chi connectivity index (χ2v) is 6.04. The number of rotatable bonds is 3. The third-order valence-corrected chi connectivity index (χ3v) is 4.40. The zero-order valence-corrected chi connectivity index (χ0v) is 11.8. The zero-order chi connectivity index (χ0) is 12.3. The van der Waals surface area contributed by atoms with E-state index in [0.29, 0.717) is 16.3 Å². The Balaban J connectivity index is 1.86. The molecule has 2 nitrogen and oxygen atoms in total. The number of hydrogen-bond donors (Lipinski definition) is 1. The van der Waals surface area contributed by atoms with E-state index in [1.165, 1.54) is 6.42 Å². The number of halogens is 2. The molecular weight excluding hydrogens is 302 g/mol. The second-order valence-electron chi connectivity index (χ2n) is 4.42. The Hall–Kier alpha value is -0.540. The predicted molar refractivity (Wildman–Crippen MR) is 73.7 cm³/mol. The Labute approximate surface area is 115 Å². The van der Waals surface area contributed by atoms with Gasteiger partial charge in [-0.2, -0.15) is 0 Å². The van der Waals surface area contributed by atoms with Crippen LogP contribution in [0.3, 0.4) is 0 Å². The van der Waals surface area contributed by atoms with Gasteiger partial charge < -0.3 is 5.32 Å². The summed E-state index contributed by atoms with van der Waals surface area (Å²) in [4.78, 5) is 12.3. The van der Waals surface area contributed by atoms with Gasteiger partial charge in [0.25, 0.3) is 0 Å². The van der Waals surface area contributed by atoms with Crippen molar-refractivity contribution in [2.45, 2.75) is 36.6 Å². The van der Waals surface area contributed by atoms with E-state index in [1.54, 1.807) is 0 Å². The van der Waals surface area contributed by atoms with Gasteiger partial charge in [-0.05, 0) is 30.5 Å². The van der Waals surface area contributed by atoms with Gasteiger partial charge in [-0.15, -0.1) is 0 Å². The van der Waals surface area contributed by atoms with Gasteiger partial charge in [0.1, 0.15) is 0 Å². The first-order valence-corrected chi connectivity index (χ1v) is 7.12. The maximum absolute atomic E-state index is 11.8. The molecule has 92 valence electrons. The highest BCUT2D eigenvalue weighted by Gasteiger charge is 2.25. The van der Waals surface area contributed by atoms with Gasteiger partial charge in [0, 0.05) is 15.9 Å². The van der Waals surface area contributed by atoms with Crippen molar-refractivity contribution in [2.75, 3.05) is 0 Å². The normalized spacial score (nSPS) is 23.6. The predicted octanol–water partition coefficient (Wildman–Crippen LogP) is 3.31. The Kier molecular flexibility index (Phi) is 4.46. The van der Waals surface area contributed by atoms with E-state index in [2.05, 4.69) is 21.2 Å². The maximum Gasteiger partial charge on any atom is 0.224 e. The molecule has 1 saturated carbocycles. The molecule has 2 rings (SSSR count). The van der Waals surface area contributed by atoms with Crippen LogP contribution in [0.15, 0.2) is 24.3 Å². The number of hydrogen-bond acceptors (Lipinski definition) is 1. The average Bonchev–Trinajstić information content (AvgIpc) is 2.68. The highest BCUT2D eigenvalue weighted by Crippen LogP contribution is 2.25. The molecule has 2 atom stereocenters. The molecule has 1 fully saturated rings. The molecule has 0 spiro atoms. The van der Waals surface area contributed by atoms with Crippen LogP contribution in [0.2, 0.25) is 5.02 Å². The van der Waals surface area contributed by atoms with Gasteiger partial charge >= 0.3 is 0 Å². The van der Waals surface area contributed by atoms with Gasteiger partial charge in [-0.1, -0.05) is 46.1 Å². The minimum atomic E-state index is 0.0867. The number of carbonyl (C=O) groups excluding carboxylic acids is 1. The fourth-order valence-electron chi connectivity index (χ4n) is 2.12. The summed E-state index contributed by atoms with van der Waals surface area (Å²) in [5, 5.41) is 3.77. The third kappa shape index (κ3) is 3.71. The van der Waals surface area contributed by atoms with Crippen LogP contribution in [0, 0.1) is 0 Å². The molecule has 0 bridgehead atoms. The summed E-state index contributed by atoms with van der Waals surface area (Å²) in [6, 6.07) is 7.69. The van der Waals surface area contributed by atoms with E-state index in [1.807, 2.05) is 24.3 Å². The first-order chi connectivity index (χ1) is 8.15. The van der Waals surface area contributed by atoms with Gasteiger partial charge in [0.15, 0.2) is 0 Å². The Bertz CT molecular complexity index is 393. The summed E-state index contributed by atoms with van der Waals surface area (Å²) in [5.74, 6) is 0.0867. The fourth-order valence-corrected chi connectivity index (χ4v) is 2.97. The quantitative estimate of drug-likeness (QED) is 0.852. The monoisotopic (exact) mass is 315 g/mol. The van der Waals surface area contributed by atoms with Gasteiger partial charge in [0.2, 0.25) is 5.91 Å². The number of nitrogens with one attached hydrogen (secondary N) is 1. The number of benzene rings is 1. The van der Waals surface area contributed by atoms with Crippen LogP contribution in [0.1, 0.15) is 24.8 Å². The second kappa shape index (κ2) is 5.87. The molecule has 2 unspecified atom stereocenters. The summed E-state index contributed by atoms with van der Waals surface area (Å²) in [7, 11) is 0. The summed E-state index contributed by atoms with van der Waals surface area (Å²) in [6.07, 6.45) is 3.82. The Morgan fingerprint density at radius 3 is 2.65 bits per heavy atom. The van der Waals surface area contributed by atoms with E-state index in [0.717, 1.165) is 18.4 Å². The van der Waals surface area contributed by atoms with Gasteiger partial charge in [-0.25, -0.2) is 0 Å². The summed E-state index contributed by atoms with van der Waals surface area (Å²) in [5.41, 5.74) is 0.996. The smallest absolute Gasteiger partial charge is 0.224 e. The standard InChI is InChI=1S/C13H15BrClNO/c14-11-2-1-3-12(11)16-13(17)8-9-4-6-10(15)7-5-9/h4-7,11-12H,1-3,8H2,(H,16,17). The summed E-state index contributed by atoms with van der Waals surface area (Å²) >= 11 is 9.39. The van der Waals surface area contributed by atoms with E-state index in [9.17, 15) is 4.79 Å². The molecule has 1 aliphatic rings. The van der Waals surface area contributed by atoms with Crippen LogP contribution in [0.5, 0.6) is 0 Å². The highest BCUT2D eigenvalue weighted by atomic mass is 79.9. The lowest BCUT2D eigenvalue weighted by Gasteiger charge is -2.16. The Morgan fingerprint density at radius 2 is 2.06 bits per heavy atom. The molecule has 1 amide bonds. The molecule has 1 aromatic carbocycles. The number of amides is 1. The SMILES string of the molecule is O=C(Cc1ccc(Cl)cc1)NC1CCCC1Br. The molecule has 0 aliphatic heterocycles. The average molecular weight is 317 g/mol. The van der Waals surface area contributed by atoms with Crippen LogP contribution >= 0.6 is 27.5 Å². The van der Waals surface area contributed by atoms with Crippen molar-refractivity contribution < 1.29 is 4.79 Å². The third-order valence-electron chi connectivity index (χ3n) is 3.06. The van der Waals surface area contributed by atoms with E-state index in [4.69, 9.17) is 11.6 Å². The molecule has 4 heteroatoms. The molecule has 17 heavy (non-hydrogen) atoms. The van der Waals surface area contributed by atoms with Crippen molar-refractivity contribution in [1.82, 2.24) is 5.32 Å². The van der Waals surface area contributed by atoms with Crippen molar-refractivity contribution in [1.29, 1.82) is 0 Å². The number of carbonyl (C=O) groups is 1. The molecule has 1 aliphatic carbocycles. The molecule has 0 radical (unpaired) electrons. The lowest BCUT2D eigenvalue weighted by atomic mass is 10.1. The van der Waals surface area contributed by atoms with Crippen LogP contribution in [0.25, 0.3) is 0 Å².